The molecule has 0 rings (SSSR count). The van der Waals surface area contributed by atoms with Gasteiger partial charge in [0.25, 0.3) is 0 Å². The van der Waals surface area contributed by atoms with Crippen molar-refractivity contribution in [1.82, 2.24) is 0 Å². The Labute approximate surface area is 662 Å². The third kappa shape index (κ3) is 83.7. The zero-order valence-corrected chi connectivity index (χ0v) is 70.0. The van der Waals surface area contributed by atoms with Crippen LogP contribution >= 0.6 is 15.6 Å². The van der Waals surface area contributed by atoms with Gasteiger partial charge in [-0.05, 0) is 148 Å². The topological polar surface area (TPSA) is 231 Å². The van der Waals surface area contributed by atoms with Crippen molar-refractivity contribution in [3.63, 3.8) is 0 Å². The first-order valence-electron chi connectivity index (χ1n) is 42.4. The Morgan fingerprint density at radius 1 is 0.257 bits per heavy atom. The van der Waals surface area contributed by atoms with E-state index in [4.69, 9.17) is 32.3 Å². The Bertz CT molecular complexity index is 2660. The average Bonchev–Trinajstić information content (AvgIpc) is 0.900. The van der Waals surface area contributed by atoms with E-state index < -0.39 is 91.5 Å². The number of aliphatic hydroxyl groups excluding tert-OH is 2. The molecule has 0 spiro atoms. The van der Waals surface area contributed by atoms with Crippen molar-refractivity contribution < 1.29 is 75.8 Å². The zero-order chi connectivity index (χ0) is 79.4. The molecule has 5 atom stereocenters. The standard InChI is InChI=1S/C91H152O16P2/c1-4-7-10-13-16-19-22-25-28-31-34-35-36-37-38-39-40-41-42-43-44-45-46-47-48-49-52-54-56-59-62-65-68-71-74-77-89(94)101-80-86(92)81-103-108(97,98)104-82-87(93)83-105-109(99,100)106-85-88(107-91(96)79-76-73-70-67-64-61-58-55-51-33-30-27-24-21-18-15-12-9-6-3)84-102-90(95)78-75-72-69-66-63-60-57-53-50-32-29-26-23-20-17-14-11-8-5-2/h7-12,16-21,25-30,34-35,37-38,40-41,50-51,53,55,86-88,92-93H,4-6,13-15,22-24,31-33,36,39,42-49,52,54,56-85H2,1-3H3,(H,97,98)(H,99,100)/b10-7-,11-8-,12-9-,19-16-,20-17-,21-18-,28-25-,29-26-,30-27-,35-34-,38-37-,41-40-,53-50-,55-51-. The van der Waals surface area contributed by atoms with Crippen LogP contribution in [0.3, 0.4) is 0 Å². The molecule has 0 aliphatic heterocycles. The van der Waals surface area contributed by atoms with Crippen molar-refractivity contribution in [1.29, 1.82) is 0 Å². The molecule has 0 aromatic carbocycles. The summed E-state index contributed by atoms with van der Waals surface area (Å²) in [5.41, 5.74) is 0. The van der Waals surface area contributed by atoms with E-state index in [0.29, 0.717) is 19.3 Å². The van der Waals surface area contributed by atoms with Crippen molar-refractivity contribution in [2.75, 3.05) is 39.6 Å². The van der Waals surface area contributed by atoms with Gasteiger partial charge in [0, 0.05) is 19.3 Å². The summed E-state index contributed by atoms with van der Waals surface area (Å²) in [6.45, 7) is 2.32. The molecule has 16 nitrogen and oxygen atoms in total. The summed E-state index contributed by atoms with van der Waals surface area (Å²) >= 11 is 0. The second-order valence-corrected chi connectivity index (χ2v) is 30.7. The normalized spacial score (nSPS) is 14.7. The predicted octanol–water partition coefficient (Wildman–Crippen LogP) is 25.5. The van der Waals surface area contributed by atoms with Crippen molar-refractivity contribution in [2.24, 2.45) is 0 Å². The van der Waals surface area contributed by atoms with Crippen LogP contribution in [0.4, 0.5) is 0 Å². The minimum Gasteiger partial charge on any atom is -0.463 e. The lowest BCUT2D eigenvalue weighted by atomic mass is 10.0. The van der Waals surface area contributed by atoms with Crippen LogP contribution in [0.2, 0.25) is 0 Å². The summed E-state index contributed by atoms with van der Waals surface area (Å²) in [4.78, 5) is 58.8. The monoisotopic (exact) mass is 1560 g/mol. The van der Waals surface area contributed by atoms with Gasteiger partial charge < -0.3 is 34.2 Å². The minimum atomic E-state index is -4.95. The fourth-order valence-electron chi connectivity index (χ4n) is 11.1. The first kappa shape index (κ1) is 104. The van der Waals surface area contributed by atoms with Crippen LogP contribution in [0.25, 0.3) is 0 Å². The number of carbonyl (C=O) groups excluding carboxylic acids is 3. The van der Waals surface area contributed by atoms with Crippen LogP contribution in [-0.4, -0.2) is 95.9 Å². The highest BCUT2D eigenvalue weighted by atomic mass is 31.2. The van der Waals surface area contributed by atoms with Gasteiger partial charge in [0.1, 0.15) is 25.4 Å². The number of esters is 3. The highest BCUT2D eigenvalue weighted by molar-refractivity contribution is 7.47. The lowest BCUT2D eigenvalue weighted by molar-refractivity contribution is -0.161. The molecule has 0 heterocycles. The summed E-state index contributed by atoms with van der Waals surface area (Å²) in [6.07, 6.45) is 105. The first-order valence-corrected chi connectivity index (χ1v) is 45.4. The van der Waals surface area contributed by atoms with E-state index in [-0.39, 0.29) is 19.3 Å². The number of unbranched alkanes of at least 4 members (excludes halogenated alkanes) is 28. The summed E-state index contributed by atoms with van der Waals surface area (Å²) < 4.78 is 61.3. The third-order valence-corrected chi connectivity index (χ3v) is 19.3. The predicted molar refractivity (Wildman–Crippen MR) is 454 cm³/mol. The van der Waals surface area contributed by atoms with Gasteiger partial charge >= 0.3 is 33.6 Å². The van der Waals surface area contributed by atoms with Gasteiger partial charge in [-0.25, -0.2) is 9.13 Å². The molecule has 0 fully saturated rings. The molecule has 5 unspecified atom stereocenters. The molecule has 622 valence electrons. The number of ether oxygens (including phenoxy) is 3. The Balaban J connectivity index is 4.49. The van der Waals surface area contributed by atoms with E-state index in [2.05, 4.69) is 191 Å². The fraction of sp³-hybridized carbons (Fsp3) is 0.659. The van der Waals surface area contributed by atoms with Gasteiger partial charge in [-0.1, -0.05) is 332 Å². The number of allylic oxidation sites excluding steroid dienone is 28. The number of phosphoric ester groups is 2. The van der Waals surface area contributed by atoms with E-state index in [1.165, 1.54) is 83.5 Å². The Morgan fingerprint density at radius 2 is 0.459 bits per heavy atom. The maximum absolute atomic E-state index is 13.0. The maximum Gasteiger partial charge on any atom is 0.472 e. The van der Waals surface area contributed by atoms with Crippen LogP contribution in [-0.2, 0) is 55.8 Å². The van der Waals surface area contributed by atoms with Gasteiger partial charge in [0.15, 0.2) is 6.10 Å². The van der Waals surface area contributed by atoms with Crippen LogP contribution in [0.15, 0.2) is 170 Å². The fourth-order valence-corrected chi connectivity index (χ4v) is 12.7. The molecule has 0 aromatic heterocycles. The van der Waals surface area contributed by atoms with Gasteiger partial charge in [-0.15, -0.1) is 0 Å². The molecule has 109 heavy (non-hydrogen) atoms. The molecule has 0 bridgehead atoms. The smallest absolute Gasteiger partial charge is 0.463 e. The van der Waals surface area contributed by atoms with Crippen molar-refractivity contribution in [2.45, 2.75) is 347 Å². The molecule has 0 amide bonds. The zero-order valence-electron chi connectivity index (χ0n) is 68.2. The SMILES string of the molecule is CC/C=C\C/C=C\C/C=C\C/C=C\C/C=C\C/C=C\CCCCCCCCCCCCCCCCCCC(=O)OCC(O)COP(=O)(O)OCC(O)COP(=O)(O)OCC(COC(=O)CCCCCCCC/C=C\C/C=C\C/C=C\C/C=C\CC)OC(=O)CCCCCCCC/C=C\C/C=C\C/C=C\C/C=C\CC. The summed E-state index contributed by atoms with van der Waals surface area (Å²) in [5, 5.41) is 20.7. The molecular formula is C91H152O16P2. The molecule has 0 saturated carbocycles. The Morgan fingerprint density at radius 3 is 0.725 bits per heavy atom. The van der Waals surface area contributed by atoms with E-state index in [9.17, 15) is 43.5 Å². The summed E-state index contributed by atoms with van der Waals surface area (Å²) in [7, 11) is -9.81. The molecule has 18 heteroatoms. The average molecular weight is 1560 g/mol. The molecule has 0 aliphatic rings. The van der Waals surface area contributed by atoms with E-state index in [1.807, 2.05) is 0 Å². The van der Waals surface area contributed by atoms with E-state index in [0.717, 1.165) is 186 Å². The van der Waals surface area contributed by atoms with Gasteiger partial charge in [-0.3, -0.25) is 32.5 Å². The van der Waals surface area contributed by atoms with Gasteiger partial charge in [0.05, 0.1) is 26.4 Å². The minimum absolute atomic E-state index is 0.0804. The number of aliphatic hydroxyl groups is 2. The lowest BCUT2D eigenvalue weighted by Gasteiger charge is -2.21. The number of carbonyl (C=O) groups is 3. The molecule has 0 radical (unpaired) electrons. The Kier molecular flexibility index (Phi) is 78.5. The van der Waals surface area contributed by atoms with E-state index >= 15 is 0 Å². The Hall–Kier alpha value is -5.09. The molecule has 0 saturated heterocycles. The van der Waals surface area contributed by atoms with Gasteiger partial charge in [-0.2, -0.15) is 0 Å². The van der Waals surface area contributed by atoms with Crippen LogP contribution in [0, 0.1) is 0 Å². The molecular weight excluding hydrogens is 1410 g/mol. The molecule has 0 aromatic rings. The van der Waals surface area contributed by atoms with Gasteiger partial charge in [0.2, 0.25) is 0 Å². The quantitative estimate of drug-likeness (QED) is 0.0146. The summed E-state index contributed by atoms with van der Waals surface area (Å²) in [6, 6.07) is 0. The highest BCUT2D eigenvalue weighted by Crippen LogP contribution is 2.45. The van der Waals surface area contributed by atoms with Crippen LogP contribution in [0.5, 0.6) is 0 Å². The number of hydrogen-bond acceptors (Lipinski definition) is 14. The number of phosphoric acid groups is 2. The first-order chi connectivity index (χ1) is 53.2. The highest BCUT2D eigenvalue weighted by Gasteiger charge is 2.29. The molecule has 4 N–H and O–H groups in total. The second-order valence-electron chi connectivity index (χ2n) is 27.8. The number of rotatable bonds is 79. The largest absolute Gasteiger partial charge is 0.472 e. The summed E-state index contributed by atoms with van der Waals surface area (Å²) in [5.74, 6) is -1.61. The second kappa shape index (κ2) is 82.4. The number of hydrogen-bond donors (Lipinski definition) is 4. The lowest BCUT2D eigenvalue weighted by Crippen LogP contribution is -2.30. The maximum atomic E-state index is 13.0. The van der Waals surface area contributed by atoms with Crippen molar-refractivity contribution >= 4 is 33.6 Å². The van der Waals surface area contributed by atoms with Crippen molar-refractivity contribution in [3.05, 3.63) is 170 Å². The molecule has 0 aliphatic carbocycles. The van der Waals surface area contributed by atoms with Crippen LogP contribution < -0.4 is 0 Å². The van der Waals surface area contributed by atoms with Crippen molar-refractivity contribution in [3.8, 4) is 0 Å². The van der Waals surface area contributed by atoms with E-state index in [1.54, 1.807) is 0 Å². The van der Waals surface area contributed by atoms with Crippen LogP contribution in [0.1, 0.15) is 329 Å². The third-order valence-electron chi connectivity index (χ3n) is 17.4.